The van der Waals surface area contributed by atoms with E-state index in [-0.39, 0.29) is 11.6 Å². The summed E-state index contributed by atoms with van der Waals surface area (Å²) in [7, 11) is 0. The fourth-order valence-electron chi connectivity index (χ4n) is 2.66. The van der Waals surface area contributed by atoms with Gasteiger partial charge < -0.3 is 19.8 Å². The van der Waals surface area contributed by atoms with Gasteiger partial charge in [0.25, 0.3) is 0 Å². The molecule has 144 valence electrons. The van der Waals surface area contributed by atoms with E-state index in [2.05, 4.69) is 10.6 Å². The predicted octanol–water partition coefficient (Wildman–Crippen LogP) is 4.48. The maximum Gasteiger partial charge on any atom is 0.338 e. The van der Waals surface area contributed by atoms with E-state index >= 15 is 0 Å². The van der Waals surface area contributed by atoms with Crippen LogP contribution in [0.3, 0.4) is 0 Å². The SMILES string of the molecule is CCCOC(=O)c1ccc(NC(=S)Nc2ccc3c(C)cc(=O)oc3c2)cc1. The number of thiocarbonyl (C=S) groups is 1. The summed E-state index contributed by atoms with van der Waals surface area (Å²) < 4.78 is 10.3. The molecule has 0 unspecified atom stereocenters. The topological polar surface area (TPSA) is 80.6 Å². The Labute approximate surface area is 167 Å². The number of esters is 1. The Hall–Kier alpha value is -3.19. The van der Waals surface area contributed by atoms with Crippen molar-refractivity contribution in [1.29, 1.82) is 0 Å². The van der Waals surface area contributed by atoms with E-state index in [0.29, 0.717) is 28.6 Å². The summed E-state index contributed by atoms with van der Waals surface area (Å²) in [4.78, 5) is 23.4. The molecule has 7 heteroatoms. The normalized spacial score (nSPS) is 10.5. The minimum Gasteiger partial charge on any atom is -0.462 e. The van der Waals surface area contributed by atoms with Gasteiger partial charge in [0.1, 0.15) is 5.58 Å². The van der Waals surface area contributed by atoms with Gasteiger partial charge in [-0.3, -0.25) is 0 Å². The Kier molecular flexibility index (Phi) is 6.06. The van der Waals surface area contributed by atoms with E-state index in [1.165, 1.54) is 6.07 Å². The quantitative estimate of drug-likeness (QED) is 0.374. The molecular weight excluding hydrogens is 376 g/mol. The van der Waals surface area contributed by atoms with Crippen LogP contribution in [-0.4, -0.2) is 17.7 Å². The molecule has 0 saturated carbocycles. The smallest absolute Gasteiger partial charge is 0.338 e. The fourth-order valence-corrected chi connectivity index (χ4v) is 2.90. The van der Waals surface area contributed by atoms with Crippen LogP contribution < -0.4 is 16.3 Å². The van der Waals surface area contributed by atoms with E-state index in [4.69, 9.17) is 21.4 Å². The summed E-state index contributed by atoms with van der Waals surface area (Å²) >= 11 is 5.33. The highest BCUT2D eigenvalue weighted by Crippen LogP contribution is 2.21. The number of benzene rings is 2. The van der Waals surface area contributed by atoms with Crippen LogP contribution >= 0.6 is 12.2 Å². The summed E-state index contributed by atoms with van der Waals surface area (Å²) in [5, 5.41) is 7.34. The molecule has 0 bridgehead atoms. The lowest BCUT2D eigenvalue weighted by atomic mass is 10.1. The molecule has 0 spiro atoms. The molecule has 3 aromatic rings. The van der Waals surface area contributed by atoms with Crippen LogP contribution in [-0.2, 0) is 4.74 Å². The molecule has 0 fully saturated rings. The second-order valence-corrected chi connectivity index (χ2v) is 6.66. The Morgan fingerprint density at radius 2 is 1.75 bits per heavy atom. The van der Waals surface area contributed by atoms with Gasteiger partial charge in [0.05, 0.1) is 12.2 Å². The molecule has 0 aliphatic carbocycles. The first-order chi connectivity index (χ1) is 13.5. The first-order valence-corrected chi connectivity index (χ1v) is 9.27. The van der Waals surface area contributed by atoms with Crippen molar-refractivity contribution >= 4 is 45.6 Å². The molecule has 0 saturated heterocycles. The number of hydrogen-bond acceptors (Lipinski definition) is 5. The lowest BCUT2D eigenvalue weighted by Gasteiger charge is -2.11. The second-order valence-electron chi connectivity index (χ2n) is 6.25. The van der Waals surface area contributed by atoms with E-state index < -0.39 is 0 Å². The Bertz CT molecular complexity index is 1070. The van der Waals surface area contributed by atoms with Crippen LogP contribution in [0.4, 0.5) is 11.4 Å². The molecule has 1 heterocycles. The summed E-state index contributed by atoms with van der Waals surface area (Å²) in [5.41, 5.74) is 2.87. The first kappa shape index (κ1) is 19.6. The Morgan fingerprint density at radius 1 is 1.07 bits per heavy atom. The van der Waals surface area contributed by atoms with Crippen LogP contribution in [0.1, 0.15) is 29.3 Å². The molecule has 0 radical (unpaired) electrons. The van der Waals surface area contributed by atoms with Gasteiger partial charge in [0.2, 0.25) is 0 Å². The fraction of sp³-hybridized carbons (Fsp3) is 0.190. The molecule has 1 aromatic heterocycles. The highest BCUT2D eigenvalue weighted by Gasteiger charge is 2.08. The van der Waals surface area contributed by atoms with Gasteiger partial charge in [-0.05, 0) is 67.5 Å². The van der Waals surface area contributed by atoms with Crippen LogP contribution in [0.25, 0.3) is 11.0 Å². The molecule has 0 atom stereocenters. The van der Waals surface area contributed by atoms with Gasteiger partial charge >= 0.3 is 11.6 Å². The molecule has 0 aliphatic heterocycles. The van der Waals surface area contributed by atoms with E-state index in [9.17, 15) is 9.59 Å². The highest BCUT2D eigenvalue weighted by molar-refractivity contribution is 7.80. The maximum atomic E-state index is 11.8. The highest BCUT2D eigenvalue weighted by atomic mass is 32.1. The molecule has 3 rings (SSSR count). The zero-order valence-corrected chi connectivity index (χ0v) is 16.4. The van der Waals surface area contributed by atoms with Crippen LogP contribution in [0, 0.1) is 6.92 Å². The third kappa shape index (κ3) is 4.75. The Morgan fingerprint density at radius 3 is 2.46 bits per heavy atom. The minimum atomic E-state index is -0.389. The molecule has 6 nitrogen and oxygen atoms in total. The monoisotopic (exact) mass is 396 g/mol. The number of hydrogen-bond donors (Lipinski definition) is 2. The van der Waals surface area contributed by atoms with Gasteiger partial charge in [0, 0.05) is 28.9 Å². The van der Waals surface area contributed by atoms with Crippen molar-refractivity contribution in [2.45, 2.75) is 20.3 Å². The standard InChI is InChI=1S/C21H20N2O4S/c1-3-10-26-20(25)14-4-6-15(7-5-14)22-21(28)23-16-8-9-17-13(2)11-19(24)27-18(17)12-16/h4-9,11-12H,3,10H2,1-2H3,(H2,22,23,28). The van der Waals surface area contributed by atoms with Crippen molar-refractivity contribution in [1.82, 2.24) is 0 Å². The lowest BCUT2D eigenvalue weighted by molar-refractivity contribution is 0.0505. The van der Waals surface area contributed by atoms with E-state index in [1.54, 1.807) is 30.3 Å². The summed E-state index contributed by atoms with van der Waals surface area (Å²) in [6.45, 7) is 4.21. The number of rotatable bonds is 5. The molecule has 2 N–H and O–H groups in total. The van der Waals surface area contributed by atoms with Crippen LogP contribution in [0.15, 0.2) is 57.7 Å². The zero-order valence-electron chi connectivity index (χ0n) is 15.6. The van der Waals surface area contributed by atoms with Gasteiger partial charge in [-0.15, -0.1) is 0 Å². The van der Waals surface area contributed by atoms with Crippen molar-refractivity contribution in [3.63, 3.8) is 0 Å². The third-order valence-corrected chi connectivity index (χ3v) is 4.23. The maximum absolute atomic E-state index is 11.8. The first-order valence-electron chi connectivity index (χ1n) is 8.86. The number of carbonyl (C=O) groups excluding carboxylic acids is 1. The van der Waals surface area contributed by atoms with Crippen LogP contribution in [0.5, 0.6) is 0 Å². The molecular formula is C21H20N2O4S. The van der Waals surface area contributed by atoms with Crippen molar-refractivity contribution in [3.05, 3.63) is 70.1 Å². The van der Waals surface area contributed by atoms with E-state index in [0.717, 1.165) is 23.1 Å². The van der Waals surface area contributed by atoms with Crippen LogP contribution in [0.2, 0.25) is 0 Å². The van der Waals surface area contributed by atoms with Crippen molar-refractivity contribution in [3.8, 4) is 0 Å². The van der Waals surface area contributed by atoms with E-state index in [1.807, 2.05) is 26.0 Å². The number of ether oxygens (including phenoxy) is 1. The van der Waals surface area contributed by atoms with Gasteiger partial charge in [-0.2, -0.15) is 0 Å². The van der Waals surface area contributed by atoms with Gasteiger partial charge in [-0.25, -0.2) is 9.59 Å². The number of carbonyl (C=O) groups is 1. The summed E-state index contributed by atoms with van der Waals surface area (Å²) in [6, 6.07) is 13.8. The minimum absolute atomic E-state index is 0.345. The summed E-state index contributed by atoms with van der Waals surface area (Å²) in [5.74, 6) is -0.345. The zero-order chi connectivity index (χ0) is 20.1. The largest absolute Gasteiger partial charge is 0.462 e. The molecule has 2 aromatic carbocycles. The van der Waals surface area contributed by atoms with Gasteiger partial charge in [-0.1, -0.05) is 6.92 Å². The van der Waals surface area contributed by atoms with Crippen molar-refractivity contribution < 1.29 is 13.9 Å². The lowest BCUT2D eigenvalue weighted by Crippen LogP contribution is -2.19. The predicted molar refractivity (Wildman–Crippen MR) is 114 cm³/mol. The average Bonchev–Trinajstić information content (AvgIpc) is 2.66. The Balaban J connectivity index is 1.66. The van der Waals surface area contributed by atoms with Gasteiger partial charge in [0.15, 0.2) is 5.11 Å². The number of anilines is 2. The average molecular weight is 396 g/mol. The number of fused-ring (bicyclic) bond motifs is 1. The number of aryl methyl sites for hydroxylation is 1. The third-order valence-electron chi connectivity index (χ3n) is 4.02. The van der Waals surface area contributed by atoms with Crippen molar-refractivity contribution in [2.24, 2.45) is 0 Å². The number of nitrogens with one attached hydrogen (secondary N) is 2. The second kappa shape index (κ2) is 8.67. The molecule has 28 heavy (non-hydrogen) atoms. The molecule has 0 aliphatic rings. The van der Waals surface area contributed by atoms with Crippen molar-refractivity contribution in [2.75, 3.05) is 17.2 Å². The molecule has 0 amide bonds. The summed E-state index contributed by atoms with van der Waals surface area (Å²) in [6.07, 6.45) is 0.781.